The van der Waals surface area contributed by atoms with Crippen LogP contribution in [0.5, 0.6) is 0 Å². The quantitative estimate of drug-likeness (QED) is 0.406. The van der Waals surface area contributed by atoms with Gasteiger partial charge in [-0.3, -0.25) is 4.79 Å². The van der Waals surface area contributed by atoms with Crippen LogP contribution in [0.15, 0.2) is 36.4 Å². The summed E-state index contributed by atoms with van der Waals surface area (Å²) in [5, 5.41) is 2.77. The number of morpholine rings is 4. The smallest absolute Gasteiger partial charge is 0.211 e. The number of nitrogens with zero attached hydrogens (tertiary/aromatic N) is 4. The molecule has 11 nitrogen and oxygen atoms in total. The highest BCUT2D eigenvalue weighted by atomic mass is 16.5. The molecule has 4 aliphatic rings. The molecule has 11 heteroatoms. The number of anilines is 6. The van der Waals surface area contributed by atoms with Gasteiger partial charge in [-0.2, -0.15) is 0 Å². The second-order valence-electron chi connectivity index (χ2n) is 10.2. The maximum atomic E-state index is 10.8. The van der Waals surface area contributed by atoms with E-state index in [-0.39, 0.29) is 0 Å². The normalized spacial score (nSPS) is 20.0. The van der Waals surface area contributed by atoms with Crippen LogP contribution < -0.4 is 30.7 Å². The maximum Gasteiger partial charge on any atom is 0.211 e. The van der Waals surface area contributed by atoms with Gasteiger partial charge in [-0.25, -0.2) is 0 Å². The van der Waals surface area contributed by atoms with Crippen molar-refractivity contribution in [1.82, 2.24) is 0 Å². The number of carbonyl (C=O) groups is 1. The molecule has 0 bridgehead atoms. The van der Waals surface area contributed by atoms with Gasteiger partial charge in [-0.05, 0) is 36.4 Å². The van der Waals surface area contributed by atoms with Crippen LogP contribution in [-0.2, 0) is 23.7 Å². The number of hydrogen-bond acceptors (Lipinski definition) is 10. The van der Waals surface area contributed by atoms with E-state index in [0.29, 0.717) is 0 Å². The Kier molecular flexibility index (Phi) is 10.2. The fourth-order valence-corrected chi connectivity index (χ4v) is 5.38. The summed E-state index contributed by atoms with van der Waals surface area (Å²) < 4.78 is 21.6. The van der Waals surface area contributed by atoms with Gasteiger partial charge in [0.15, 0.2) is 0 Å². The first-order chi connectivity index (χ1) is 19.7. The maximum absolute atomic E-state index is 10.8. The average Bonchev–Trinajstić information content (AvgIpc) is 3.03. The van der Waals surface area contributed by atoms with E-state index < -0.39 is 0 Å². The van der Waals surface area contributed by atoms with Gasteiger partial charge in [0.1, 0.15) is 0 Å². The molecule has 1 amide bonds. The molecule has 218 valence electrons. The summed E-state index contributed by atoms with van der Waals surface area (Å²) in [6, 6.07) is 12.6. The Bertz CT molecular complexity index is 1010. The van der Waals surface area contributed by atoms with E-state index in [2.05, 4.69) is 49.2 Å². The van der Waals surface area contributed by atoms with E-state index in [0.717, 1.165) is 134 Å². The minimum Gasteiger partial charge on any atom is -0.399 e. The van der Waals surface area contributed by atoms with Crippen molar-refractivity contribution in [3.63, 3.8) is 0 Å². The minimum atomic E-state index is 0.724. The van der Waals surface area contributed by atoms with Gasteiger partial charge >= 0.3 is 0 Å². The first kappa shape index (κ1) is 28.3. The zero-order valence-electron chi connectivity index (χ0n) is 23.3. The Morgan fingerprint density at radius 1 is 0.525 bits per heavy atom. The summed E-state index contributed by atoms with van der Waals surface area (Å²) in [4.78, 5) is 20.0. The second kappa shape index (κ2) is 14.4. The van der Waals surface area contributed by atoms with E-state index in [1.54, 1.807) is 0 Å². The Labute approximate surface area is 236 Å². The van der Waals surface area contributed by atoms with Crippen LogP contribution >= 0.6 is 0 Å². The Morgan fingerprint density at radius 3 is 1.12 bits per heavy atom. The SMILES string of the molecule is Nc1cc(N2CCOCC2)cc(N2CCOCC2)c1.O=CNc1cc(N2CCOCC2)cc(N2CCOCC2)c1. The predicted octanol–water partition coefficient (Wildman–Crippen LogP) is 1.87. The van der Waals surface area contributed by atoms with Gasteiger partial charge in [0, 0.05) is 86.5 Å². The molecular weight excluding hydrogens is 512 g/mol. The third-order valence-electron chi connectivity index (χ3n) is 7.56. The predicted molar refractivity (Wildman–Crippen MR) is 159 cm³/mol. The van der Waals surface area contributed by atoms with Gasteiger partial charge in [0.05, 0.1) is 52.9 Å². The van der Waals surface area contributed by atoms with Crippen molar-refractivity contribution in [3.8, 4) is 0 Å². The summed E-state index contributed by atoms with van der Waals surface area (Å²) in [6.07, 6.45) is 0.724. The lowest BCUT2D eigenvalue weighted by Gasteiger charge is -2.33. The number of benzene rings is 2. The molecule has 0 unspecified atom stereocenters. The van der Waals surface area contributed by atoms with E-state index in [1.807, 2.05) is 12.1 Å². The third-order valence-corrected chi connectivity index (χ3v) is 7.56. The Morgan fingerprint density at radius 2 is 0.825 bits per heavy atom. The monoisotopic (exact) mass is 554 g/mol. The van der Waals surface area contributed by atoms with Gasteiger partial charge < -0.3 is 49.6 Å². The molecule has 2 aromatic carbocycles. The molecule has 0 radical (unpaired) electrons. The standard InChI is InChI=1S/C15H21N3O3.C14H21N3O2/c19-12-16-13-9-14(17-1-5-20-6-2-17)11-15(10-13)18-3-7-21-8-4-18;15-12-9-13(16-1-5-18-6-2-16)11-14(10-12)17-3-7-19-8-4-17/h9-12H,1-8H2,(H,16,19);9-11H,1-8,15H2. The molecule has 0 spiro atoms. The van der Waals surface area contributed by atoms with Gasteiger partial charge in [0.25, 0.3) is 0 Å². The molecule has 0 saturated carbocycles. The van der Waals surface area contributed by atoms with Crippen molar-refractivity contribution >= 4 is 40.5 Å². The molecular formula is C29H42N6O5. The highest BCUT2D eigenvalue weighted by Crippen LogP contribution is 2.30. The van der Waals surface area contributed by atoms with Crippen LogP contribution in [0.3, 0.4) is 0 Å². The average molecular weight is 555 g/mol. The van der Waals surface area contributed by atoms with Crippen LogP contribution in [0.1, 0.15) is 0 Å². The van der Waals surface area contributed by atoms with Crippen LogP contribution in [0.25, 0.3) is 0 Å². The van der Waals surface area contributed by atoms with Crippen LogP contribution in [0.2, 0.25) is 0 Å². The van der Waals surface area contributed by atoms with Crippen LogP contribution in [0.4, 0.5) is 34.1 Å². The Hall–Kier alpha value is -3.25. The number of nitrogen functional groups attached to an aromatic ring is 1. The van der Waals surface area contributed by atoms with Gasteiger partial charge in [0.2, 0.25) is 6.41 Å². The third kappa shape index (κ3) is 7.69. The summed E-state index contributed by atoms with van der Waals surface area (Å²) in [7, 11) is 0. The molecule has 2 aromatic rings. The van der Waals surface area contributed by atoms with Crippen molar-refractivity contribution in [1.29, 1.82) is 0 Å². The number of nitrogens with two attached hydrogens (primary N) is 1. The fraction of sp³-hybridized carbons (Fsp3) is 0.552. The Balaban J connectivity index is 0.000000162. The van der Waals surface area contributed by atoms with Crippen molar-refractivity contribution in [3.05, 3.63) is 36.4 Å². The molecule has 0 atom stereocenters. The molecule has 6 rings (SSSR count). The number of amides is 1. The number of nitrogens with one attached hydrogen (secondary N) is 1. The molecule has 0 aliphatic carbocycles. The zero-order valence-corrected chi connectivity index (χ0v) is 23.3. The van der Waals surface area contributed by atoms with Gasteiger partial charge in [-0.1, -0.05) is 0 Å². The minimum absolute atomic E-state index is 0.724. The first-order valence-corrected chi connectivity index (χ1v) is 14.3. The molecule has 4 aliphatic heterocycles. The highest BCUT2D eigenvalue weighted by Gasteiger charge is 2.18. The summed E-state index contributed by atoms with van der Waals surface area (Å²) >= 11 is 0. The van der Waals surface area contributed by atoms with Crippen molar-refractivity contribution in [2.24, 2.45) is 0 Å². The molecule has 3 N–H and O–H groups in total. The second-order valence-corrected chi connectivity index (χ2v) is 10.2. The molecule has 0 aromatic heterocycles. The van der Waals surface area contributed by atoms with E-state index >= 15 is 0 Å². The van der Waals surface area contributed by atoms with E-state index in [4.69, 9.17) is 24.7 Å². The van der Waals surface area contributed by atoms with Gasteiger partial charge in [-0.15, -0.1) is 0 Å². The lowest BCUT2D eigenvalue weighted by molar-refractivity contribution is -0.105. The summed E-state index contributed by atoms with van der Waals surface area (Å²) in [6.45, 7) is 13.4. The molecule has 40 heavy (non-hydrogen) atoms. The lowest BCUT2D eigenvalue weighted by atomic mass is 10.2. The summed E-state index contributed by atoms with van der Waals surface area (Å²) in [5.41, 5.74) is 12.4. The fourth-order valence-electron chi connectivity index (χ4n) is 5.38. The number of hydrogen-bond donors (Lipinski definition) is 2. The zero-order chi connectivity index (χ0) is 27.6. The largest absolute Gasteiger partial charge is 0.399 e. The lowest BCUT2D eigenvalue weighted by Crippen LogP contribution is -2.38. The number of carbonyl (C=O) groups excluding carboxylic acids is 1. The van der Waals surface area contributed by atoms with Crippen molar-refractivity contribution in [2.75, 3.05) is 136 Å². The van der Waals surface area contributed by atoms with Crippen molar-refractivity contribution < 1.29 is 23.7 Å². The number of ether oxygens (including phenoxy) is 4. The van der Waals surface area contributed by atoms with Crippen LogP contribution in [0, 0.1) is 0 Å². The van der Waals surface area contributed by atoms with Crippen LogP contribution in [-0.4, -0.2) is 112 Å². The summed E-state index contributed by atoms with van der Waals surface area (Å²) in [5.74, 6) is 0. The number of rotatable bonds is 6. The molecule has 4 fully saturated rings. The highest BCUT2D eigenvalue weighted by molar-refractivity contribution is 5.78. The topological polar surface area (TPSA) is 105 Å². The van der Waals surface area contributed by atoms with E-state index in [9.17, 15) is 4.79 Å². The first-order valence-electron chi connectivity index (χ1n) is 14.3. The molecule has 4 saturated heterocycles. The van der Waals surface area contributed by atoms with E-state index in [1.165, 1.54) is 11.4 Å². The molecule has 4 heterocycles. The van der Waals surface area contributed by atoms with Crippen molar-refractivity contribution in [2.45, 2.75) is 0 Å².